The maximum atomic E-state index is 13.3. The predicted molar refractivity (Wildman–Crippen MR) is 67.0 cm³/mol. The molecule has 0 bridgehead atoms. The monoisotopic (exact) mass is 264 g/mol. The van der Waals surface area contributed by atoms with Crippen molar-refractivity contribution >= 4 is 17.6 Å². The standard InChI is InChI=1S/C14H10ClFO2/c15-12-7-3-1-5-10(12)9-18-14(17)11-6-2-4-8-13(11)16/h1-8H,9H2. The molecule has 18 heavy (non-hydrogen) atoms. The van der Waals surface area contributed by atoms with Crippen LogP contribution < -0.4 is 0 Å². The van der Waals surface area contributed by atoms with Crippen molar-refractivity contribution in [3.63, 3.8) is 0 Å². The Morgan fingerprint density at radius 3 is 2.50 bits per heavy atom. The first-order valence-electron chi connectivity index (χ1n) is 5.33. The van der Waals surface area contributed by atoms with E-state index in [-0.39, 0.29) is 12.2 Å². The minimum absolute atomic E-state index is 0.0207. The van der Waals surface area contributed by atoms with Gasteiger partial charge in [0.2, 0.25) is 0 Å². The summed E-state index contributed by atoms with van der Waals surface area (Å²) in [5.41, 5.74) is 0.605. The van der Waals surface area contributed by atoms with E-state index in [2.05, 4.69) is 0 Å². The summed E-state index contributed by atoms with van der Waals surface area (Å²) in [6.45, 7) is 0.0207. The molecule has 0 aromatic heterocycles. The number of carbonyl (C=O) groups excluding carboxylic acids is 1. The highest BCUT2D eigenvalue weighted by Crippen LogP contribution is 2.17. The van der Waals surface area contributed by atoms with Gasteiger partial charge in [-0.25, -0.2) is 9.18 Å². The third-order valence-electron chi connectivity index (χ3n) is 2.41. The lowest BCUT2D eigenvalue weighted by Gasteiger charge is -2.06. The minimum Gasteiger partial charge on any atom is -0.457 e. The molecular weight excluding hydrogens is 255 g/mol. The molecule has 0 aliphatic carbocycles. The van der Waals surface area contributed by atoms with Gasteiger partial charge in [-0.2, -0.15) is 0 Å². The molecule has 4 heteroatoms. The van der Waals surface area contributed by atoms with E-state index in [1.165, 1.54) is 18.2 Å². The molecule has 2 aromatic rings. The lowest BCUT2D eigenvalue weighted by molar-refractivity contribution is 0.0467. The van der Waals surface area contributed by atoms with E-state index in [4.69, 9.17) is 16.3 Å². The van der Waals surface area contributed by atoms with Crippen molar-refractivity contribution in [1.29, 1.82) is 0 Å². The zero-order valence-corrected chi connectivity index (χ0v) is 10.2. The number of halogens is 2. The Morgan fingerprint density at radius 1 is 1.11 bits per heavy atom. The number of carbonyl (C=O) groups is 1. The van der Waals surface area contributed by atoms with Crippen molar-refractivity contribution in [2.45, 2.75) is 6.61 Å². The fraction of sp³-hybridized carbons (Fsp3) is 0.0714. The summed E-state index contributed by atoms with van der Waals surface area (Å²) in [7, 11) is 0. The molecule has 0 aliphatic rings. The number of ether oxygens (including phenoxy) is 1. The van der Waals surface area contributed by atoms with Crippen molar-refractivity contribution in [1.82, 2.24) is 0 Å². The van der Waals surface area contributed by atoms with Crippen LogP contribution in [0.1, 0.15) is 15.9 Å². The topological polar surface area (TPSA) is 26.3 Å². The van der Waals surface area contributed by atoms with Crippen LogP contribution >= 0.6 is 11.6 Å². The molecule has 2 nitrogen and oxygen atoms in total. The van der Waals surface area contributed by atoms with Gasteiger partial charge in [0, 0.05) is 10.6 Å². The highest BCUT2D eigenvalue weighted by molar-refractivity contribution is 6.31. The van der Waals surface area contributed by atoms with Crippen LogP contribution in [0.4, 0.5) is 4.39 Å². The van der Waals surface area contributed by atoms with E-state index < -0.39 is 11.8 Å². The normalized spacial score (nSPS) is 10.1. The molecule has 0 atom stereocenters. The summed E-state index contributed by atoms with van der Waals surface area (Å²) in [5, 5.41) is 0.513. The quantitative estimate of drug-likeness (QED) is 0.788. The van der Waals surface area contributed by atoms with Gasteiger partial charge in [0.1, 0.15) is 12.4 Å². The van der Waals surface area contributed by atoms with Crippen LogP contribution in [0.3, 0.4) is 0 Å². The first-order valence-corrected chi connectivity index (χ1v) is 5.71. The van der Waals surface area contributed by atoms with Gasteiger partial charge in [0.05, 0.1) is 5.56 Å². The second-order valence-electron chi connectivity index (χ2n) is 3.65. The Kier molecular flexibility index (Phi) is 3.95. The van der Waals surface area contributed by atoms with Crippen molar-refractivity contribution in [3.05, 3.63) is 70.5 Å². The van der Waals surface area contributed by atoms with Crippen molar-refractivity contribution in [2.75, 3.05) is 0 Å². The van der Waals surface area contributed by atoms with Crippen LogP contribution in [0.25, 0.3) is 0 Å². The summed E-state index contributed by atoms with van der Waals surface area (Å²) in [5.74, 6) is -1.30. The number of rotatable bonds is 3. The van der Waals surface area contributed by atoms with Crippen LogP contribution in [0.5, 0.6) is 0 Å². The van der Waals surface area contributed by atoms with Crippen LogP contribution in [-0.4, -0.2) is 5.97 Å². The molecule has 0 saturated heterocycles. The zero-order valence-electron chi connectivity index (χ0n) is 9.40. The number of hydrogen-bond acceptors (Lipinski definition) is 2. The molecule has 0 spiro atoms. The lowest BCUT2D eigenvalue weighted by atomic mass is 10.2. The first-order chi connectivity index (χ1) is 8.68. The molecule has 0 fully saturated rings. The molecule has 0 heterocycles. The Balaban J connectivity index is 2.06. The molecule has 0 amide bonds. The second kappa shape index (κ2) is 5.65. The number of esters is 1. The first kappa shape index (κ1) is 12.6. The van der Waals surface area contributed by atoms with E-state index in [9.17, 15) is 9.18 Å². The average molecular weight is 265 g/mol. The second-order valence-corrected chi connectivity index (χ2v) is 4.05. The smallest absolute Gasteiger partial charge is 0.341 e. The molecule has 0 saturated carbocycles. The molecule has 0 radical (unpaired) electrons. The third-order valence-corrected chi connectivity index (χ3v) is 2.78. The summed E-state index contributed by atoms with van der Waals surface area (Å²) in [6.07, 6.45) is 0. The van der Waals surface area contributed by atoms with Crippen LogP contribution in [0.15, 0.2) is 48.5 Å². The maximum Gasteiger partial charge on any atom is 0.341 e. The van der Waals surface area contributed by atoms with Crippen LogP contribution in [0, 0.1) is 5.82 Å². The van der Waals surface area contributed by atoms with Crippen LogP contribution in [-0.2, 0) is 11.3 Å². The fourth-order valence-electron chi connectivity index (χ4n) is 1.46. The van der Waals surface area contributed by atoms with Crippen LogP contribution in [0.2, 0.25) is 5.02 Å². The summed E-state index contributed by atoms with van der Waals surface area (Å²) >= 11 is 5.92. The Labute approximate surface area is 109 Å². The zero-order chi connectivity index (χ0) is 13.0. The molecule has 0 aliphatic heterocycles. The Hall–Kier alpha value is -1.87. The van der Waals surface area contributed by atoms with Crippen molar-refractivity contribution in [3.8, 4) is 0 Å². The van der Waals surface area contributed by atoms with Crippen molar-refractivity contribution < 1.29 is 13.9 Å². The molecule has 2 rings (SSSR count). The average Bonchev–Trinajstić information content (AvgIpc) is 2.38. The largest absolute Gasteiger partial charge is 0.457 e. The van der Waals surface area contributed by atoms with Gasteiger partial charge in [-0.05, 0) is 18.2 Å². The lowest BCUT2D eigenvalue weighted by Crippen LogP contribution is -2.07. The highest BCUT2D eigenvalue weighted by Gasteiger charge is 2.12. The van der Waals surface area contributed by atoms with Gasteiger partial charge in [-0.1, -0.05) is 41.9 Å². The van der Waals surface area contributed by atoms with E-state index in [0.717, 1.165) is 0 Å². The van der Waals surface area contributed by atoms with E-state index >= 15 is 0 Å². The van der Waals surface area contributed by atoms with E-state index in [1.54, 1.807) is 30.3 Å². The van der Waals surface area contributed by atoms with Gasteiger partial charge >= 0.3 is 5.97 Å². The maximum absolute atomic E-state index is 13.3. The van der Waals surface area contributed by atoms with Gasteiger partial charge in [0.25, 0.3) is 0 Å². The summed E-state index contributed by atoms with van der Waals surface area (Å²) < 4.78 is 18.3. The van der Waals surface area contributed by atoms with Gasteiger partial charge in [-0.15, -0.1) is 0 Å². The molecule has 0 unspecified atom stereocenters. The minimum atomic E-state index is -0.701. The highest BCUT2D eigenvalue weighted by atomic mass is 35.5. The fourth-order valence-corrected chi connectivity index (χ4v) is 1.65. The number of benzene rings is 2. The van der Waals surface area contributed by atoms with Crippen molar-refractivity contribution in [2.24, 2.45) is 0 Å². The molecular formula is C14H10ClFO2. The summed E-state index contributed by atoms with van der Waals surface area (Å²) in [6, 6.07) is 12.7. The molecule has 92 valence electrons. The van der Waals surface area contributed by atoms with E-state index in [0.29, 0.717) is 10.6 Å². The third kappa shape index (κ3) is 2.87. The Bertz CT molecular complexity index is 569. The van der Waals surface area contributed by atoms with Gasteiger partial charge in [0.15, 0.2) is 0 Å². The SMILES string of the molecule is O=C(OCc1ccccc1Cl)c1ccccc1F. The Morgan fingerprint density at radius 2 is 1.78 bits per heavy atom. The molecule has 0 N–H and O–H groups in total. The van der Waals surface area contributed by atoms with E-state index in [1.807, 2.05) is 0 Å². The number of hydrogen-bond donors (Lipinski definition) is 0. The summed E-state index contributed by atoms with van der Waals surface area (Å²) in [4.78, 5) is 11.6. The van der Waals surface area contributed by atoms with Gasteiger partial charge < -0.3 is 4.74 Å². The van der Waals surface area contributed by atoms with Gasteiger partial charge in [-0.3, -0.25) is 0 Å². The molecule has 2 aromatic carbocycles. The predicted octanol–water partition coefficient (Wildman–Crippen LogP) is 3.84.